The lowest BCUT2D eigenvalue weighted by Crippen LogP contribution is -2.41. The molecule has 0 bridgehead atoms. The molecular weight excluding hydrogens is 1090 g/mol. The molecule has 0 saturated heterocycles. The Morgan fingerprint density at radius 3 is 1.42 bits per heavy atom. The molecule has 0 N–H and O–H groups in total. The number of pyridine rings is 3. The first-order valence-corrected chi connectivity index (χ1v) is 27.4. The minimum Gasteiger partial charge on any atom is -0.482 e. The molecule has 0 aliphatic carbocycles. The summed E-state index contributed by atoms with van der Waals surface area (Å²) in [7, 11) is 5.16. The van der Waals surface area contributed by atoms with Crippen molar-refractivity contribution in [3.05, 3.63) is 221 Å². The zero-order chi connectivity index (χ0) is 59.4. The highest BCUT2D eigenvalue weighted by Gasteiger charge is 2.32. The van der Waals surface area contributed by atoms with E-state index < -0.39 is 18.9 Å². The van der Waals surface area contributed by atoms with Crippen molar-refractivity contribution in [1.82, 2.24) is 13.7 Å². The van der Waals surface area contributed by atoms with Gasteiger partial charge < -0.3 is 33.1 Å². The number of aryl methyl sites for hydroxylation is 9. The summed E-state index contributed by atoms with van der Waals surface area (Å²) in [5, 5.41) is 0.558. The van der Waals surface area contributed by atoms with Crippen molar-refractivity contribution in [3.63, 3.8) is 0 Å². The Morgan fingerprint density at radius 1 is 0.494 bits per heavy atom. The van der Waals surface area contributed by atoms with Gasteiger partial charge in [0.25, 0.3) is 22.6 Å². The van der Waals surface area contributed by atoms with E-state index in [9.17, 15) is 41.9 Å². The molecule has 11 rings (SSSR count). The smallest absolute Gasteiger partial charge is 0.482 e. The van der Waals surface area contributed by atoms with E-state index in [-0.39, 0.29) is 41.6 Å². The van der Waals surface area contributed by atoms with E-state index in [0.29, 0.717) is 65.5 Å². The van der Waals surface area contributed by atoms with Crippen LogP contribution in [0.2, 0.25) is 5.02 Å². The van der Waals surface area contributed by atoms with Gasteiger partial charge in [0.05, 0.1) is 41.8 Å². The van der Waals surface area contributed by atoms with Gasteiger partial charge in [0.2, 0.25) is 11.8 Å². The van der Waals surface area contributed by atoms with Gasteiger partial charge >= 0.3 is 6.36 Å². The Bertz CT molecular complexity index is 3730. The number of alkyl halides is 3. The van der Waals surface area contributed by atoms with Gasteiger partial charge in [-0.15, -0.1) is 13.2 Å². The molecule has 0 unspecified atom stereocenters. The number of benzene rings is 5. The lowest BCUT2D eigenvalue weighted by Gasteiger charge is -2.32. The Balaban J connectivity index is 0.000000150. The van der Waals surface area contributed by atoms with E-state index in [1.165, 1.54) is 15.0 Å². The van der Waals surface area contributed by atoms with Crippen molar-refractivity contribution >= 4 is 46.4 Å². The van der Waals surface area contributed by atoms with Crippen LogP contribution in [-0.2, 0) is 66.2 Å². The van der Waals surface area contributed by atoms with Gasteiger partial charge in [-0.2, -0.15) is 0 Å². The maximum Gasteiger partial charge on any atom is 0.522 e. The van der Waals surface area contributed by atoms with E-state index in [1.807, 2.05) is 97.9 Å². The lowest BCUT2D eigenvalue weighted by molar-refractivity contribution is -0.323. The van der Waals surface area contributed by atoms with Gasteiger partial charge in [0, 0.05) is 75.8 Å². The summed E-state index contributed by atoms with van der Waals surface area (Å²) in [6, 6.07) is 38.9. The van der Waals surface area contributed by atoms with Crippen molar-refractivity contribution in [2.45, 2.75) is 72.8 Å². The van der Waals surface area contributed by atoms with Crippen molar-refractivity contribution < 1.29 is 37.0 Å². The molecule has 3 aromatic heterocycles. The molecule has 0 fully saturated rings. The van der Waals surface area contributed by atoms with Crippen molar-refractivity contribution in [3.8, 4) is 39.1 Å². The average molecular weight is 1150 g/mol. The number of amides is 3. The number of carbonyl (C=O) groups is 3. The first kappa shape index (κ1) is 58.8. The number of anilines is 3. The maximum absolute atomic E-state index is 12.7. The predicted molar refractivity (Wildman–Crippen MR) is 317 cm³/mol. The number of carbonyl (C=O) groups excluding carboxylic acids is 3. The molecule has 0 spiro atoms. The van der Waals surface area contributed by atoms with Gasteiger partial charge in [0.1, 0.15) is 5.75 Å². The number of nitrogens with zero attached hydrogens (tertiary/aromatic N) is 6. The average Bonchev–Trinajstić information content (AvgIpc) is 3.57. The lowest BCUT2D eigenvalue weighted by atomic mass is 9.92. The molecular formula is C65H62ClF3N6O8. The number of rotatable bonds is 10. The van der Waals surface area contributed by atoms with Crippen molar-refractivity contribution in [2.75, 3.05) is 34.5 Å². The Morgan fingerprint density at radius 2 is 0.940 bits per heavy atom. The van der Waals surface area contributed by atoms with E-state index >= 15 is 0 Å². The number of ether oxygens (including phenoxy) is 2. The van der Waals surface area contributed by atoms with E-state index in [4.69, 9.17) is 16.3 Å². The van der Waals surface area contributed by atoms with Gasteiger partial charge in [-0.25, -0.2) is 0 Å². The van der Waals surface area contributed by atoms with Crippen molar-refractivity contribution in [2.24, 2.45) is 21.1 Å². The molecule has 0 atom stereocenters. The van der Waals surface area contributed by atoms with Crippen LogP contribution >= 0.6 is 11.6 Å². The van der Waals surface area contributed by atoms with E-state index in [0.717, 1.165) is 73.4 Å². The molecule has 14 nitrogen and oxygen atoms in total. The zero-order valence-electron chi connectivity index (χ0n) is 47.1. The monoisotopic (exact) mass is 1150 g/mol. The third-order valence-electron chi connectivity index (χ3n) is 14.8. The summed E-state index contributed by atoms with van der Waals surface area (Å²) in [4.78, 5) is 78.2. The van der Waals surface area contributed by atoms with Crippen LogP contribution in [0.5, 0.6) is 5.75 Å². The molecule has 0 radical (unpaired) electrons. The summed E-state index contributed by atoms with van der Waals surface area (Å²) in [5.41, 5.74) is 15.0. The number of fused-ring (bicyclic) bond motifs is 3. The topological polar surface area (TPSA) is 145 Å². The summed E-state index contributed by atoms with van der Waals surface area (Å²) in [6.45, 7) is 7.31. The molecule has 6 heterocycles. The van der Waals surface area contributed by atoms with Crippen LogP contribution in [0.1, 0.15) is 57.3 Å². The Hall–Kier alpha value is -8.80. The SMILES string of the molecule is Cc1cc(-c2cc(C)c(=O)n(C)c2)cc2c1N(Cc1ccccc1)C(=O)CC2.Cc1cc(-c2cc(Cl)c3c(c2)CCC(=O)N3Cc2ccccc2)cn(C)c1=O.Cc1cc(-c2ccc3c(c2)N(CCOC(F)(F)F)C(=O)CO3)cn(C)c1=O. The fourth-order valence-electron chi connectivity index (χ4n) is 10.8. The minimum absolute atomic E-state index is 0.00700. The highest BCUT2D eigenvalue weighted by atomic mass is 35.5. The molecule has 83 heavy (non-hydrogen) atoms. The third-order valence-corrected chi connectivity index (χ3v) is 15.1. The number of halogens is 4. The third kappa shape index (κ3) is 13.4. The Labute approximate surface area is 483 Å². The zero-order valence-corrected chi connectivity index (χ0v) is 47.9. The van der Waals surface area contributed by atoms with Crippen molar-refractivity contribution in [1.29, 1.82) is 0 Å². The second-order valence-electron chi connectivity index (χ2n) is 21.0. The van der Waals surface area contributed by atoms with Crippen LogP contribution in [0.4, 0.5) is 30.2 Å². The molecule has 3 aliphatic rings. The first-order valence-electron chi connectivity index (χ1n) is 27.0. The summed E-state index contributed by atoms with van der Waals surface area (Å²) >= 11 is 6.67. The molecule has 428 valence electrons. The van der Waals surface area contributed by atoms with E-state index in [2.05, 4.69) is 42.0 Å². The van der Waals surface area contributed by atoms with Gasteiger partial charge in [-0.1, -0.05) is 78.3 Å². The van der Waals surface area contributed by atoms with Crippen LogP contribution in [-0.4, -0.2) is 57.5 Å². The number of hydrogen-bond donors (Lipinski definition) is 0. The van der Waals surface area contributed by atoms with Gasteiger partial charge in [0.15, 0.2) is 6.61 Å². The largest absolute Gasteiger partial charge is 0.522 e. The molecule has 3 aliphatic heterocycles. The molecule has 8 aromatic rings. The second kappa shape index (κ2) is 24.7. The highest BCUT2D eigenvalue weighted by molar-refractivity contribution is 6.34. The molecule has 0 saturated carbocycles. The minimum atomic E-state index is -4.76. The first-order chi connectivity index (χ1) is 39.5. The van der Waals surface area contributed by atoms with Crippen LogP contribution in [0.3, 0.4) is 0 Å². The molecule has 18 heteroatoms. The predicted octanol–water partition coefficient (Wildman–Crippen LogP) is 11.3. The fourth-order valence-corrected chi connectivity index (χ4v) is 11.1. The van der Waals surface area contributed by atoms with Gasteiger partial charge in [-0.05, 0) is 156 Å². The molecule has 3 amide bonds. The quantitative estimate of drug-likeness (QED) is 0.132. The maximum atomic E-state index is 12.7. The van der Waals surface area contributed by atoms with Crippen LogP contribution < -0.4 is 36.1 Å². The standard InChI is InChI=1S/C24H24N2O2.C23H21ClN2O2.C18H17F3N2O4/c1-16-11-20(21-12-17(2)24(28)25(3)15-21)13-19-9-10-22(27)26(23(16)19)14-18-7-5-4-6-8-18;1-15-10-19(14-25(2)23(15)28)18-11-17-8-9-21(27)26(22(17)20(24)12-18)13-16-6-4-3-5-7-16;1-11-7-13(9-22(2)17(11)25)12-3-4-15-14(8-12)23(16(24)10-26-15)5-6-27-18(19,20)21/h4-8,11-13,15H,9-10,14H2,1-3H3;3-7,10-12,14H,8-9,13H2,1-2H3;3-4,7-9H,5-6,10H2,1-2H3. The van der Waals surface area contributed by atoms with Crippen LogP contribution in [0.15, 0.2) is 154 Å². The summed E-state index contributed by atoms with van der Waals surface area (Å²) in [6.07, 6.45) is 3.00. The van der Waals surface area contributed by atoms with E-state index in [1.54, 1.807) is 72.6 Å². The normalized spacial score (nSPS) is 13.7. The highest BCUT2D eigenvalue weighted by Crippen LogP contribution is 2.41. The van der Waals surface area contributed by atoms with Crippen LogP contribution in [0.25, 0.3) is 33.4 Å². The van der Waals surface area contributed by atoms with Gasteiger partial charge in [-0.3, -0.25) is 33.5 Å². The Kier molecular flexibility index (Phi) is 17.5. The molecule has 5 aromatic carbocycles. The summed E-state index contributed by atoms with van der Waals surface area (Å²) in [5.74, 6) is 0.197. The number of hydrogen-bond acceptors (Lipinski definition) is 8. The summed E-state index contributed by atoms with van der Waals surface area (Å²) < 4.78 is 50.5. The fraction of sp³-hybridized carbons (Fsp3) is 0.262. The number of aromatic nitrogens is 3. The van der Waals surface area contributed by atoms with Crippen LogP contribution in [0, 0.1) is 27.7 Å². The second-order valence-corrected chi connectivity index (χ2v) is 21.4.